The van der Waals surface area contributed by atoms with Gasteiger partial charge in [-0.3, -0.25) is 0 Å². The van der Waals surface area contributed by atoms with Crippen LogP contribution in [0.4, 0.5) is 0 Å². The topological polar surface area (TPSA) is 3.88 Å². The Morgan fingerprint density at radius 1 is 0.875 bits per heavy atom. The molecule has 1 heterocycles. The lowest BCUT2D eigenvalue weighted by Gasteiger charge is -2.21. The second-order valence-electron chi connectivity index (χ2n) is 10.3. The van der Waals surface area contributed by atoms with Crippen molar-refractivity contribution in [2.45, 2.75) is 40.5 Å². The first kappa shape index (κ1) is 17.4. The van der Waals surface area contributed by atoms with Gasteiger partial charge in [0.1, 0.15) is 7.05 Å². The molecule has 0 aliphatic heterocycles. The van der Waals surface area contributed by atoms with Crippen LogP contribution in [0.5, 0.6) is 0 Å². The van der Waals surface area contributed by atoms with Crippen molar-refractivity contribution in [3.8, 4) is 11.1 Å². The number of hydrogen-bond acceptors (Lipinski definition) is 0. The van der Waals surface area contributed by atoms with Gasteiger partial charge in [0.15, 0.2) is 6.20 Å². The van der Waals surface area contributed by atoms with Crippen LogP contribution in [0.1, 0.15) is 45.8 Å². The zero-order chi connectivity index (χ0) is 24.0. The summed E-state index contributed by atoms with van der Waals surface area (Å²) in [5.41, 5.74) is 8.10. The van der Waals surface area contributed by atoms with Gasteiger partial charge in [0, 0.05) is 8.81 Å². The van der Waals surface area contributed by atoms with E-state index in [9.17, 15) is 2.74 Å². The van der Waals surface area contributed by atoms with E-state index in [0.29, 0.717) is 0 Å². The zero-order valence-electron chi connectivity index (χ0n) is 21.5. The van der Waals surface area contributed by atoms with Crippen LogP contribution in [0, 0.1) is 12.3 Å². The summed E-state index contributed by atoms with van der Waals surface area (Å²) < 4.78 is 20.6. The van der Waals surface area contributed by atoms with Crippen molar-refractivity contribution in [2.75, 3.05) is 0 Å². The number of fused-ring (bicyclic) bond motifs is 9. The van der Waals surface area contributed by atoms with Crippen molar-refractivity contribution in [2.24, 2.45) is 12.5 Å². The van der Waals surface area contributed by atoms with Gasteiger partial charge in [0.25, 0.3) is 0 Å². The third-order valence-electron chi connectivity index (χ3n) is 6.88. The third-order valence-corrected chi connectivity index (χ3v) is 6.88. The molecule has 0 radical (unpaired) electrons. The van der Waals surface area contributed by atoms with E-state index in [1.807, 2.05) is 33.0 Å². The highest BCUT2D eigenvalue weighted by atomic mass is 14.9. The predicted molar refractivity (Wildman–Crippen MR) is 136 cm³/mol. The van der Waals surface area contributed by atoms with Crippen molar-refractivity contribution in [1.82, 2.24) is 0 Å². The van der Waals surface area contributed by atoms with Gasteiger partial charge in [0.05, 0.1) is 10.8 Å². The maximum Gasteiger partial charge on any atom is 0.221 e. The number of nitrogens with zero attached hydrogens (tertiary/aromatic N) is 1. The Bertz CT molecular complexity index is 1650. The Morgan fingerprint density at radius 2 is 1.59 bits per heavy atom. The summed E-state index contributed by atoms with van der Waals surface area (Å²) in [5.74, 6) is 0. The van der Waals surface area contributed by atoms with Crippen LogP contribution in [0.25, 0.3) is 43.6 Å². The molecule has 0 bridgehead atoms. The van der Waals surface area contributed by atoms with Crippen molar-refractivity contribution in [3.63, 3.8) is 0 Å². The fourth-order valence-corrected chi connectivity index (χ4v) is 5.71. The number of aryl methyl sites for hydroxylation is 2. The zero-order valence-corrected chi connectivity index (χ0v) is 19.5. The molecular weight excluding hydrogens is 386 g/mol. The van der Waals surface area contributed by atoms with E-state index in [1.54, 1.807) is 0 Å². The van der Waals surface area contributed by atoms with E-state index >= 15 is 0 Å². The Balaban J connectivity index is 1.89. The summed E-state index contributed by atoms with van der Waals surface area (Å²) in [6.07, 6.45) is 1.51. The highest BCUT2D eigenvalue weighted by molar-refractivity contribution is 6.26. The molecule has 4 aromatic carbocycles. The first-order valence-corrected chi connectivity index (χ1v) is 11.5. The fourth-order valence-electron chi connectivity index (χ4n) is 5.71. The van der Waals surface area contributed by atoms with Crippen molar-refractivity contribution in [3.05, 3.63) is 89.1 Å². The van der Waals surface area contributed by atoms with E-state index in [2.05, 4.69) is 73.1 Å². The van der Waals surface area contributed by atoms with Crippen molar-refractivity contribution < 1.29 is 7.31 Å². The molecule has 0 amide bonds. The van der Waals surface area contributed by atoms with Crippen molar-refractivity contribution in [1.29, 1.82) is 0 Å². The Kier molecular flexibility index (Phi) is 3.61. The molecule has 0 N–H and O–H groups in total. The van der Waals surface area contributed by atoms with Gasteiger partial charge in [0.2, 0.25) is 5.52 Å². The Morgan fingerprint density at radius 3 is 2.38 bits per heavy atom. The van der Waals surface area contributed by atoms with Crippen LogP contribution >= 0.6 is 0 Å². The highest BCUT2D eigenvalue weighted by Gasteiger charge is 2.27. The molecule has 0 saturated carbocycles. The van der Waals surface area contributed by atoms with Gasteiger partial charge in [-0.1, -0.05) is 69.3 Å². The number of pyridine rings is 1. The fraction of sp³-hybridized carbons (Fsp3) is 0.258. The van der Waals surface area contributed by atoms with Gasteiger partial charge >= 0.3 is 0 Å². The van der Waals surface area contributed by atoms with Crippen LogP contribution in [0.15, 0.2) is 66.9 Å². The van der Waals surface area contributed by atoms with E-state index < -0.39 is 11.8 Å². The minimum absolute atomic E-state index is 0.540. The van der Waals surface area contributed by atoms with Gasteiger partial charge in [-0.25, -0.2) is 4.57 Å². The molecule has 32 heavy (non-hydrogen) atoms. The third kappa shape index (κ3) is 2.73. The number of rotatable bonds is 1. The van der Waals surface area contributed by atoms with Gasteiger partial charge in [-0.2, -0.15) is 0 Å². The first-order chi connectivity index (χ1) is 16.1. The molecule has 1 aliphatic carbocycles. The minimum Gasteiger partial charge on any atom is -0.200 e. The number of hydrogen-bond donors (Lipinski definition) is 0. The Hall–Kier alpha value is -3.19. The molecule has 0 atom stereocenters. The van der Waals surface area contributed by atoms with Crippen LogP contribution in [-0.4, -0.2) is 0 Å². The van der Waals surface area contributed by atoms with E-state index in [-0.39, 0.29) is 0 Å². The normalized spacial score (nSPS) is 14.5. The first-order valence-electron chi connectivity index (χ1n) is 12.5. The summed E-state index contributed by atoms with van der Waals surface area (Å²) in [5, 5.41) is 5.85. The number of benzene rings is 4. The lowest BCUT2D eigenvalue weighted by molar-refractivity contribution is -0.644. The van der Waals surface area contributed by atoms with Crippen molar-refractivity contribution >= 4 is 32.4 Å². The van der Waals surface area contributed by atoms with E-state index in [1.165, 1.54) is 44.0 Å². The molecule has 5 aromatic rings. The Labute approximate surface area is 193 Å². The van der Waals surface area contributed by atoms with Gasteiger partial charge in [-0.05, 0) is 80.7 Å². The quantitative estimate of drug-likeness (QED) is 0.193. The smallest absolute Gasteiger partial charge is 0.200 e. The van der Waals surface area contributed by atoms with Crippen LogP contribution in [0.2, 0.25) is 0 Å². The molecule has 0 unspecified atom stereocenters. The molecular formula is C31H30N+. The summed E-state index contributed by atoms with van der Waals surface area (Å²) in [4.78, 5) is 0. The molecule has 158 valence electrons. The molecule has 1 aliphatic rings. The SMILES string of the molecule is [2H]C([2H])(c1cc[n+](C)c2c1c1ccccc1c1cc3c(c(C)c12)-c1ccccc1C3)C(C)(C)C. The molecule has 1 heteroatoms. The van der Waals surface area contributed by atoms with E-state index in [0.717, 1.165) is 28.3 Å². The van der Waals surface area contributed by atoms with Crippen LogP contribution < -0.4 is 4.57 Å². The maximum absolute atomic E-state index is 9.18. The average molecular weight is 419 g/mol. The standard InChI is InChI=1S/C31H30N/c1-19-27-22(16-20-10-6-7-11-23(20)27)17-26-24-12-8-9-13-25(24)29-21(18-31(2,3)4)14-15-32(5)30(29)28(19)26/h6-15,17H,16,18H2,1-5H3/q+1/i18D2. The molecule has 0 saturated heterocycles. The maximum atomic E-state index is 9.18. The molecule has 6 rings (SSSR count). The predicted octanol–water partition coefficient (Wildman–Crippen LogP) is 7.44. The molecule has 1 nitrogen and oxygen atoms in total. The summed E-state index contributed by atoms with van der Waals surface area (Å²) in [6, 6.07) is 21.7. The minimum atomic E-state index is -1.49. The largest absolute Gasteiger partial charge is 0.221 e. The van der Waals surface area contributed by atoms with Gasteiger partial charge < -0.3 is 0 Å². The lowest BCUT2D eigenvalue weighted by Crippen LogP contribution is -2.29. The monoisotopic (exact) mass is 418 g/mol. The highest BCUT2D eigenvalue weighted by Crippen LogP contribution is 2.46. The number of aromatic nitrogens is 1. The summed E-state index contributed by atoms with van der Waals surface area (Å²) >= 11 is 0. The molecule has 0 spiro atoms. The second-order valence-corrected chi connectivity index (χ2v) is 10.3. The van der Waals surface area contributed by atoms with Gasteiger partial charge in [-0.15, -0.1) is 0 Å². The van der Waals surface area contributed by atoms with Crippen LogP contribution in [0.3, 0.4) is 0 Å². The summed E-state index contributed by atoms with van der Waals surface area (Å²) in [6.45, 7) is 8.22. The molecule has 0 fully saturated rings. The van der Waals surface area contributed by atoms with E-state index in [4.69, 9.17) is 0 Å². The molecule has 1 aromatic heterocycles. The average Bonchev–Trinajstić information content (AvgIpc) is 3.17. The summed E-state index contributed by atoms with van der Waals surface area (Å²) in [7, 11) is 2.09. The van der Waals surface area contributed by atoms with Crippen LogP contribution in [-0.2, 0) is 19.8 Å². The lowest BCUT2D eigenvalue weighted by atomic mass is 9.83. The second kappa shape index (κ2) is 6.65.